The lowest BCUT2D eigenvalue weighted by Gasteiger charge is -2.30. The van der Waals surface area contributed by atoms with E-state index in [1.54, 1.807) is 10.4 Å². The number of carbonyl (C=O) groups is 2. The van der Waals surface area contributed by atoms with Gasteiger partial charge in [-0.05, 0) is 12.8 Å². The molecule has 2 N–H and O–H groups in total. The third kappa shape index (κ3) is 3.19. The Bertz CT molecular complexity index is 421. The van der Waals surface area contributed by atoms with Crippen LogP contribution in [-0.4, -0.2) is 40.1 Å². The molecule has 0 unspecified atom stereocenters. The van der Waals surface area contributed by atoms with Crippen molar-refractivity contribution >= 4 is 23.3 Å². The second-order valence-electron chi connectivity index (χ2n) is 4.26. The molecule has 7 heteroatoms. The zero-order valence-corrected chi connectivity index (χ0v) is 10.7. The summed E-state index contributed by atoms with van der Waals surface area (Å²) in [5, 5.41) is 13.6. The Kier molecular flexibility index (Phi) is 4.14. The minimum Gasteiger partial charge on any atom is -0.481 e. The van der Waals surface area contributed by atoms with E-state index in [-0.39, 0.29) is 12.6 Å². The van der Waals surface area contributed by atoms with Gasteiger partial charge < -0.3 is 15.3 Å². The molecule has 1 aromatic rings. The standard InChI is InChI=1S/C11H15N3O3S/c15-10(16)8-2-1-3-14(5-8)11(17)12-4-9-6-18-7-13-9/h6-8H,1-5H2,(H,12,17)(H,15,16)/t8-/m0/s1. The van der Waals surface area contributed by atoms with Crippen molar-refractivity contribution in [2.24, 2.45) is 5.92 Å². The zero-order chi connectivity index (χ0) is 13.0. The van der Waals surface area contributed by atoms with E-state index in [2.05, 4.69) is 10.3 Å². The SMILES string of the molecule is O=C(O)[C@H]1CCCN(C(=O)NCc2cscn2)C1. The Morgan fingerprint density at radius 2 is 2.44 bits per heavy atom. The molecule has 0 aliphatic carbocycles. The molecule has 1 aromatic heterocycles. The van der Waals surface area contributed by atoms with Gasteiger partial charge in [-0.15, -0.1) is 11.3 Å². The molecule has 0 bridgehead atoms. The highest BCUT2D eigenvalue weighted by molar-refractivity contribution is 7.07. The van der Waals surface area contributed by atoms with Crippen LogP contribution in [0.1, 0.15) is 18.5 Å². The Hall–Kier alpha value is -1.63. The van der Waals surface area contributed by atoms with Crippen LogP contribution in [-0.2, 0) is 11.3 Å². The van der Waals surface area contributed by atoms with Crippen LogP contribution in [0.4, 0.5) is 4.79 Å². The highest BCUT2D eigenvalue weighted by Gasteiger charge is 2.27. The van der Waals surface area contributed by atoms with Crippen molar-refractivity contribution in [3.63, 3.8) is 0 Å². The summed E-state index contributed by atoms with van der Waals surface area (Å²) >= 11 is 1.48. The molecule has 0 spiro atoms. The molecule has 1 atom stereocenters. The highest BCUT2D eigenvalue weighted by atomic mass is 32.1. The minimum absolute atomic E-state index is 0.214. The van der Waals surface area contributed by atoms with E-state index in [4.69, 9.17) is 5.11 Å². The van der Waals surface area contributed by atoms with Crippen molar-refractivity contribution in [2.75, 3.05) is 13.1 Å². The third-order valence-electron chi connectivity index (χ3n) is 2.96. The van der Waals surface area contributed by atoms with Crippen molar-refractivity contribution in [1.82, 2.24) is 15.2 Å². The molecular formula is C11H15N3O3S. The summed E-state index contributed by atoms with van der Waals surface area (Å²) in [5.41, 5.74) is 2.53. The molecule has 1 aliphatic rings. The van der Waals surface area contributed by atoms with Gasteiger partial charge in [0.25, 0.3) is 0 Å². The molecule has 0 aromatic carbocycles. The molecule has 2 amide bonds. The molecule has 1 saturated heterocycles. The molecule has 0 saturated carbocycles. The van der Waals surface area contributed by atoms with Crippen molar-refractivity contribution < 1.29 is 14.7 Å². The van der Waals surface area contributed by atoms with E-state index in [0.29, 0.717) is 19.5 Å². The number of thiazole rings is 1. The van der Waals surface area contributed by atoms with Crippen LogP contribution in [0.2, 0.25) is 0 Å². The molecule has 2 heterocycles. The summed E-state index contributed by atoms with van der Waals surface area (Å²) < 4.78 is 0. The van der Waals surface area contributed by atoms with Crippen LogP contribution >= 0.6 is 11.3 Å². The van der Waals surface area contributed by atoms with Gasteiger partial charge in [0.15, 0.2) is 0 Å². The number of nitrogens with zero attached hydrogens (tertiary/aromatic N) is 2. The summed E-state index contributed by atoms with van der Waals surface area (Å²) in [6.07, 6.45) is 1.38. The number of aromatic nitrogens is 1. The van der Waals surface area contributed by atoms with Gasteiger partial charge in [0.05, 0.1) is 23.7 Å². The normalized spacial score (nSPS) is 19.6. The van der Waals surface area contributed by atoms with Gasteiger partial charge >= 0.3 is 12.0 Å². The molecule has 0 radical (unpaired) electrons. The Labute approximate surface area is 109 Å². The fourth-order valence-corrected chi connectivity index (χ4v) is 2.52. The number of carboxylic acids is 1. The second-order valence-corrected chi connectivity index (χ2v) is 4.98. The molecule has 6 nitrogen and oxygen atoms in total. The number of carboxylic acid groups (broad SMARTS) is 1. The zero-order valence-electron chi connectivity index (χ0n) is 9.83. The van der Waals surface area contributed by atoms with E-state index in [9.17, 15) is 9.59 Å². The molecule has 1 aliphatic heterocycles. The van der Waals surface area contributed by atoms with Crippen LogP contribution in [0, 0.1) is 5.92 Å². The van der Waals surface area contributed by atoms with Crippen LogP contribution in [0.5, 0.6) is 0 Å². The molecular weight excluding hydrogens is 254 g/mol. The van der Waals surface area contributed by atoms with Gasteiger partial charge in [-0.25, -0.2) is 9.78 Å². The molecule has 98 valence electrons. The summed E-state index contributed by atoms with van der Waals surface area (Å²) in [6, 6.07) is -0.214. The minimum atomic E-state index is -0.827. The highest BCUT2D eigenvalue weighted by Crippen LogP contribution is 2.16. The number of hydrogen-bond acceptors (Lipinski definition) is 4. The smallest absolute Gasteiger partial charge is 0.317 e. The molecule has 1 fully saturated rings. The lowest BCUT2D eigenvalue weighted by molar-refractivity contribution is -0.143. The van der Waals surface area contributed by atoms with E-state index in [0.717, 1.165) is 12.1 Å². The number of rotatable bonds is 3. The number of urea groups is 1. The number of hydrogen-bond donors (Lipinski definition) is 2. The van der Waals surface area contributed by atoms with Crippen molar-refractivity contribution in [3.05, 3.63) is 16.6 Å². The first-order valence-electron chi connectivity index (χ1n) is 5.79. The maximum absolute atomic E-state index is 11.9. The van der Waals surface area contributed by atoms with Crippen LogP contribution in [0.3, 0.4) is 0 Å². The summed E-state index contributed by atoms with van der Waals surface area (Å²) in [7, 11) is 0. The predicted molar refractivity (Wildman–Crippen MR) is 66.3 cm³/mol. The topological polar surface area (TPSA) is 82.5 Å². The van der Waals surface area contributed by atoms with Gasteiger partial charge in [-0.1, -0.05) is 0 Å². The number of nitrogens with one attached hydrogen (secondary N) is 1. The van der Waals surface area contributed by atoms with Gasteiger partial charge in [0.1, 0.15) is 0 Å². The fraction of sp³-hybridized carbons (Fsp3) is 0.545. The van der Waals surface area contributed by atoms with Gasteiger partial charge in [-0.3, -0.25) is 4.79 Å². The average molecular weight is 269 g/mol. The van der Waals surface area contributed by atoms with Crippen molar-refractivity contribution in [2.45, 2.75) is 19.4 Å². The van der Waals surface area contributed by atoms with Crippen LogP contribution in [0.25, 0.3) is 0 Å². The lowest BCUT2D eigenvalue weighted by atomic mass is 9.99. The van der Waals surface area contributed by atoms with E-state index < -0.39 is 11.9 Å². The summed E-state index contributed by atoms with van der Waals surface area (Å²) in [4.78, 5) is 28.4. The third-order valence-corrected chi connectivity index (χ3v) is 3.60. The first-order chi connectivity index (χ1) is 8.66. The largest absolute Gasteiger partial charge is 0.481 e. The van der Waals surface area contributed by atoms with E-state index in [1.807, 2.05) is 5.38 Å². The molecule has 2 rings (SSSR count). The first kappa shape index (κ1) is 12.8. The summed E-state index contributed by atoms with van der Waals surface area (Å²) in [6.45, 7) is 1.29. The average Bonchev–Trinajstić information content (AvgIpc) is 2.89. The Balaban J connectivity index is 1.83. The number of aliphatic carboxylic acids is 1. The monoisotopic (exact) mass is 269 g/mol. The Morgan fingerprint density at radius 1 is 1.61 bits per heavy atom. The van der Waals surface area contributed by atoms with Crippen molar-refractivity contribution in [3.8, 4) is 0 Å². The van der Waals surface area contributed by atoms with Gasteiger partial charge in [-0.2, -0.15) is 0 Å². The van der Waals surface area contributed by atoms with E-state index in [1.165, 1.54) is 11.3 Å². The maximum Gasteiger partial charge on any atom is 0.317 e. The quantitative estimate of drug-likeness (QED) is 0.862. The number of likely N-dealkylation sites (tertiary alicyclic amines) is 1. The second kappa shape index (κ2) is 5.81. The first-order valence-corrected chi connectivity index (χ1v) is 6.73. The number of piperidine rings is 1. The lowest BCUT2D eigenvalue weighted by Crippen LogP contribution is -2.46. The fourth-order valence-electron chi connectivity index (χ4n) is 1.97. The van der Waals surface area contributed by atoms with Crippen LogP contribution < -0.4 is 5.32 Å². The van der Waals surface area contributed by atoms with Crippen LogP contribution in [0.15, 0.2) is 10.9 Å². The van der Waals surface area contributed by atoms with Gasteiger partial charge in [0, 0.05) is 18.5 Å². The Morgan fingerprint density at radius 3 is 3.11 bits per heavy atom. The number of amides is 2. The van der Waals surface area contributed by atoms with Crippen molar-refractivity contribution in [1.29, 1.82) is 0 Å². The summed E-state index contributed by atoms with van der Waals surface area (Å²) in [5.74, 6) is -1.27. The number of carbonyl (C=O) groups excluding carboxylic acids is 1. The maximum atomic E-state index is 11.9. The predicted octanol–water partition coefficient (Wildman–Crippen LogP) is 1.15. The van der Waals surface area contributed by atoms with E-state index >= 15 is 0 Å². The van der Waals surface area contributed by atoms with Gasteiger partial charge in [0.2, 0.25) is 0 Å². The molecule has 18 heavy (non-hydrogen) atoms.